The van der Waals surface area contributed by atoms with Crippen molar-refractivity contribution in [2.75, 3.05) is 0 Å². The van der Waals surface area contributed by atoms with E-state index in [0.717, 1.165) is 16.6 Å². The smallest absolute Gasteiger partial charge is 0.143 e. The van der Waals surface area contributed by atoms with E-state index in [2.05, 4.69) is 30.3 Å². The van der Waals surface area contributed by atoms with E-state index in [-0.39, 0.29) is 0 Å². The highest BCUT2D eigenvalue weighted by Gasteiger charge is 2.08. The Labute approximate surface area is 98.3 Å². The maximum atomic E-state index is 5.95. The summed E-state index contributed by atoms with van der Waals surface area (Å²) in [5.41, 5.74) is 1.90. The summed E-state index contributed by atoms with van der Waals surface area (Å²) >= 11 is 0. The SMILES string of the molecule is [c]1ccc2ccc3c4ccccc4oc3c2c1. The molecule has 1 heterocycles. The molecule has 1 nitrogen and oxygen atoms in total. The molecule has 4 rings (SSSR count). The normalized spacial score (nSPS) is 11.5. The van der Waals surface area contributed by atoms with Gasteiger partial charge in [0.1, 0.15) is 11.2 Å². The number of benzene rings is 3. The summed E-state index contributed by atoms with van der Waals surface area (Å²) in [7, 11) is 0. The number of para-hydroxylation sites is 1. The van der Waals surface area contributed by atoms with Crippen LogP contribution < -0.4 is 0 Å². The first kappa shape index (κ1) is 8.82. The van der Waals surface area contributed by atoms with Crippen molar-refractivity contribution in [1.82, 2.24) is 0 Å². The van der Waals surface area contributed by atoms with Gasteiger partial charge < -0.3 is 4.42 Å². The van der Waals surface area contributed by atoms with Crippen molar-refractivity contribution < 1.29 is 4.42 Å². The second kappa shape index (κ2) is 3.11. The van der Waals surface area contributed by atoms with E-state index in [0.29, 0.717) is 0 Å². The van der Waals surface area contributed by atoms with Gasteiger partial charge >= 0.3 is 0 Å². The molecule has 0 saturated carbocycles. The van der Waals surface area contributed by atoms with Crippen LogP contribution in [-0.2, 0) is 0 Å². The predicted octanol–water partition coefficient (Wildman–Crippen LogP) is 4.54. The molecule has 4 aromatic rings. The van der Waals surface area contributed by atoms with Crippen LogP contribution in [0.3, 0.4) is 0 Å². The van der Waals surface area contributed by atoms with Crippen molar-refractivity contribution in [2.45, 2.75) is 0 Å². The van der Waals surface area contributed by atoms with Gasteiger partial charge in [-0.3, -0.25) is 0 Å². The molecule has 0 bridgehead atoms. The summed E-state index contributed by atoms with van der Waals surface area (Å²) in [6, 6.07) is 21.5. The van der Waals surface area contributed by atoms with Gasteiger partial charge in [0.25, 0.3) is 0 Å². The molecule has 0 aliphatic rings. The molecule has 79 valence electrons. The Kier molecular flexibility index (Phi) is 1.61. The van der Waals surface area contributed by atoms with E-state index >= 15 is 0 Å². The number of hydrogen-bond donors (Lipinski definition) is 0. The monoisotopic (exact) mass is 217 g/mol. The standard InChI is InChI=1S/C16H9O/c1-2-6-12-11(5-1)9-10-14-13-7-3-4-8-15(13)17-16(12)14/h1,3-10H. The van der Waals surface area contributed by atoms with Crippen LogP contribution in [0.4, 0.5) is 0 Å². The van der Waals surface area contributed by atoms with Crippen LogP contribution in [0.25, 0.3) is 32.7 Å². The van der Waals surface area contributed by atoms with Gasteiger partial charge in [0, 0.05) is 16.2 Å². The van der Waals surface area contributed by atoms with Crippen LogP contribution >= 0.6 is 0 Å². The first-order valence-electron chi connectivity index (χ1n) is 5.63. The van der Waals surface area contributed by atoms with E-state index in [1.807, 2.05) is 30.3 Å². The van der Waals surface area contributed by atoms with Crippen LogP contribution in [-0.4, -0.2) is 0 Å². The predicted molar refractivity (Wildman–Crippen MR) is 70.1 cm³/mol. The molecule has 0 aliphatic heterocycles. The van der Waals surface area contributed by atoms with Crippen LogP contribution in [0, 0.1) is 6.07 Å². The van der Waals surface area contributed by atoms with E-state index in [9.17, 15) is 0 Å². The molecule has 0 N–H and O–H groups in total. The van der Waals surface area contributed by atoms with Gasteiger partial charge in [-0.1, -0.05) is 36.4 Å². The molecule has 1 radical (unpaired) electrons. The van der Waals surface area contributed by atoms with Crippen molar-refractivity contribution >= 4 is 32.7 Å². The first-order valence-corrected chi connectivity index (χ1v) is 5.63. The minimum Gasteiger partial charge on any atom is -0.455 e. The number of hydrogen-bond acceptors (Lipinski definition) is 1. The molecule has 1 aromatic heterocycles. The fourth-order valence-corrected chi connectivity index (χ4v) is 2.39. The van der Waals surface area contributed by atoms with Crippen molar-refractivity contribution in [2.24, 2.45) is 0 Å². The fourth-order valence-electron chi connectivity index (χ4n) is 2.39. The molecule has 0 aliphatic carbocycles. The van der Waals surface area contributed by atoms with E-state index in [4.69, 9.17) is 4.42 Å². The Morgan fingerprint density at radius 3 is 2.76 bits per heavy atom. The molecule has 0 unspecified atom stereocenters. The van der Waals surface area contributed by atoms with E-state index in [1.54, 1.807) is 0 Å². The van der Waals surface area contributed by atoms with Gasteiger partial charge in [0.2, 0.25) is 0 Å². The van der Waals surface area contributed by atoms with Crippen LogP contribution in [0.15, 0.2) is 59.0 Å². The maximum absolute atomic E-state index is 5.95. The third-order valence-electron chi connectivity index (χ3n) is 3.21. The summed E-state index contributed by atoms with van der Waals surface area (Å²) < 4.78 is 5.95. The van der Waals surface area contributed by atoms with Crippen LogP contribution in [0.5, 0.6) is 0 Å². The lowest BCUT2D eigenvalue weighted by Gasteiger charge is -1.96. The number of rotatable bonds is 0. The molecular weight excluding hydrogens is 208 g/mol. The Hall–Kier alpha value is -2.28. The zero-order valence-corrected chi connectivity index (χ0v) is 9.10. The van der Waals surface area contributed by atoms with Gasteiger partial charge in [0.05, 0.1) is 0 Å². The lowest BCUT2D eigenvalue weighted by atomic mass is 10.1. The summed E-state index contributed by atoms with van der Waals surface area (Å²) in [5.74, 6) is 0. The van der Waals surface area contributed by atoms with Gasteiger partial charge in [0.15, 0.2) is 0 Å². The molecule has 0 amide bonds. The molecular formula is C16H9O. The largest absolute Gasteiger partial charge is 0.455 e. The highest BCUT2D eigenvalue weighted by atomic mass is 16.3. The van der Waals surface area contributed by atoms with Crippen molar-refractivity contribution in [3.05, 3.63) is 60.7 Å². The van der Waals surface area contributed by atoms with Crippen LogP contribution in [0.1, 0.15) is 0 Å². The molecule has 0 fully saturated rings. The second-order valence-electron chi connectivity index (χ2n) is 4.19. The second-order valence-corrected chi connectivity index (χ2v) is 4.19. The first-order chi connectivity index (χ1) is 8.43. The summed E-state index contributed by atoms with van der Waals surface area (Å²) in [5, 5.41) is 4.66. The van der Waals surface area contributed by atoms with Crippen LogP contribution in [0.2, 0.25) is 0 Å². The minimum absolute atomic E-state index is 0.943. The van der Waals surface area contributed by atoms with Gasteiger partial charge in [-0.25, -0.2) is 0 Å². The van der Waals surface area contributed by atoms with E-state index in [1.165, 1.54) is 16.2 Å². The van der Waals surface area contributed by atoms with Crippen molar-refractivity contribution in [3.8, 4) is 0 Å². The van der Waals surface area contributed by atoms with Gasteiger partial charge in [-0.05, 0) is 29.7 Å². The topological polar surface area (TPSA) is 13.1 Å². The molecule has 0 atom stereocenters. The Morgan fingerprint density at radius 2 is 1.76 bits per heavy atom. The minimum atomic E-state index is 0.943. The van der Waals surface area contributed by atoms with Crippen molar-refractivity contribution in [1.29, 1.82) is 0 Å². The van der Waals surface area contributed by atoms with Gasteiger partial charge in [-0.15, -0.1) is 0 Å². The lowest BCUT2D eigenvalue weighted by molar-refractivity contribution is 0.672. The number of fused-ring (bicyclic) bond motifs is 5. The maximum Gasteiger partial charge on any atom is 0.143 e. The zero-order valence-electron chi connectivity index (χ0n) is 9.10. The third-order valence-corrected chi connectivity index (χ3v) is 3.21. The molecule has 0 spiro atoms. The summed E-state index contributed by atoms with van der Waals surface area (Å²) in [4.78, 5) is 0. The summed E-state index contributed by atoms with van der Waals surface area (Å²) in [6.07, 6.45) is 0. The molecule has 1 heteroatoms. The highest BCUT2D eigenvalue weighted by Crippen LogP contribution is 2.33. The Morgan fingerprint density at radius 1 is 0.824 bits per heavy atom. The highest BCUT2D eigenvalue weighted by molar-refractivity contribution is 6.14. The number of furan rings is 1. The molecule has 0 saturated heterocycles. The average molecular weight is 217 g/mol. The Bertz CT molecular complexity index is 840. The lowest BCUT2D eigenvalue weighted by Crippen LogP contribution is -1.72. The molecule has 17 heavy (non-hydrogen) atoms. The Balaban J connectivity index is 2.34. The zero-order chi connectivity index (χ0) is 11.2. The fraction of sp³-hybridized carbons (Fsp3) is 0. The van der Waals surface area contributed by atoms with Gasteiger partial charge in [-0.2, -0.15) is 0 Å². The average Bonchev–Trinajstić information content (AvgIpc) is 2.78. The molecule has 3 aromatic carbocycles. The third kappa shape index (κ3) is 1.14. The summed E-state index contributed by atoms with van der Waals surface area (Å²) in [6.45, 7) is 0. The van der Waals surface area contributed by atoms with E-state index < -0.39 is 0 Å². The quantitative estimate of drug-likeness (QED) is 0.421. The van der Waals surface area contributed by atoms with Crippen molar-refractivity contribution in [3.63, 3.8) is 0 Å².